The molecule has 0 radical (unpaired) electrons. The minimum Gasteiger partial charge on any atom is -0.466 e. The lowest BCUT2D eigenvalue weighted by molar-refractivity contribution is -0.143. The van der Waals surface area contributed by atoms with Gasteiger partial charge in [0.2, 0.25) is 5.91 Å². The quantitative estimate of drug-likeness (QED) is 0.0244. The smallest absolute Gasteiger partial charge is 0.305 e. The zero-order valence-corrected chi connectivity index (χ0v) is 47.9. The minimum atomic E-state index is -0.862. The largest absolute Gasteiger partial charge is 0.466 e. The van der Waals surface area contributed by atoms with Gasteiger partial charge in [-0.3, -0.25) is 9.59 Å². The average molecular weight is 1010 g/mol. The van der Waals surface area contributed by atoms with Gasteiger partial charge >= 0.3 is 5.97 Å². The van der Waals surface area contributed by atoms with E-state index in [4.69, 9.17) is 4.74 Å². The van der Waals surface area contributed by atoms with E-state index in [1.807, 2.05) is 6.08 Å². The molecule has 0 spiro atoms. The fraction of sp³-hybridized carbons (Fsp3) is 0.818. The summed E-state index contributed by atoms with van der Waals surface area (Å²) >= 11 is 0. The van der Waals surface area contributed by atoms with Gasteiger partial charge in [0.1, 0.15) is 0 Å². The summed E-state index contributed by atoms with van der Waals surface area (Å²) in [5, 5.41) is 23.2. The van der Waals surface area contributed by atoms with Gasteiger partial charge in [-0.2, -0.15) is 0 Å². The van der Waals surface area contributed by atoms with Crippen molar-refractivity contribution < 1.29 is 24.5 Å². The normalized spacial score (nSPS) is 13.0. The summed E-state index contributed by atoms with van der Waals surface area (Å²) < 4.78 is 5.46. The highest BCUT2D eigenvalue weighted by Crippen LogP contribution is 2.17. The highest BCUT2D eigenvalue weighted by molar-refractivity contribution is 5.76. The van der Waals surface area contributed by atoms with Crippen molar-refractivity contribution >= 4 is 11.9 Å². The number of unbranched alkanes of at least 4 members (excludes halogenated alkanes) is 40. The molecule has 1 amide bonds. The first-order chi connectivity index (χ1) is 35.5. The van der Waals surface area contributed by atoms with E-state index in [1.165, 1.54) is 212 Å². The molecule has 6 nitrogen and oxygen atoms in total. The number of esters is 1. The van der Waals surface area contributed by atoms with Gasteiger partial charge in [0.15, 0.2) is 0 Å². The molecule has 0 aromatic heterocycles. The van der Waals surface area contributed by atoms with Crippen molar-refractivity contribution in [1.29, 1.82) is 0 Å². The molecule has 0 aromatic rings. The van der Waals surface area contributed by atoms with Crippen molar-refractivity contribution in [3.63, 3.8) is 0 Å². The summed E-state index contributed by atoms with van der Waals surface area (Å²) in [6, 6.07) is -0.648. The molecule has 420 valence electrons. The molecule has 0 aliphatic carbocycles. The number of rotatable bonds is 58. The Balaban J connectivity index is 3.55. The van der Waals surface area contributed by atoms with E-state index in [2.05, 4.69) is 67.8 Å². The topological polar surface area (TPSA) is 95.9 Å². The molecule has 2 unspecified atom stereocenters. The molecule has 0 fully saturated rings. The number of ether oxygens (including phenoxy) is 1. The third-order valence-electron chi connectivity index (χ3n) is 14.3. The van der Waals surface area contributed by atoms with E-state index >= 15 is 0 Å². The van der Waals surface area contributed by atoms with Gasteiger partial charge in [-0.25, -0.2) is 0 Å². The number of hydrogen-bond donors (Lipinski definition) is 3. The van der Waals surface area contributed by atoms with Crippen LogP contribution in [0.15, 0.2) is 60.8 Å². The second kappa shape index (κ2) is 61.1. The predicted octanol–water partition coefficient (Wildman–Crippen LogP) is 19.9. The molecule has 0 bridgehead atoms. The molecule has 72 heavy (non-hydrogen) atoms. The lowest BCUT2D eigenvalue weighted by atomic mass is 10.0. The highest BCUT2D eigenvalue weighted by Gasteiger charge is 2.18. The van der Waals surface area contributed by atoms with Gasteiger partial charge < -0.3 is 20.3 Å². The molecular weight excluding hydrogens is 887 g/mol. The zero-order chi connectivity index (χ0) is 52.2. The Morgan fingerprint density at radius 1 is 0.403 bits per heavy atom. The van der Waals surface area contributed by atoms with E-state index in [9.17, 15) is 19.8 Å². The molecule has 0 aliphatic rings. The molecule has 6 heteroatoms. The van der Waals surface area contributed by atoms with Crippen LogP contribution < -0.4 is 5.32 Å². The molecule has 0 aromatic carbocycles. The maximum absolute atomic E-state index is 12.5. The van der Waals surface area contributed by atoms with E-state index in [0.717, 1.165) is 83.5 Å². The second-order valence-corrected chi connectivity index (χ2v) is 21.4. The standard InChI is InChI=1S/C66H121NO5/c1-3-5-7-9-11-13-15-17-19-21-23-24-25-26-27-30-34-38-42-46-50-54-58-64(69)63(62-68)67-65(70)59-55-51-47-43-39-35-31-29-33-37-41-45-49-53-57-61-72-66(71)60-56-52-48-44-40-36-32-28-22-20-18-16-14-12-10-8-6-4-2/h14,16,20,22,29,33,37,41,54,58,63-64,68-69H,3-13,15,17-19,21,23-28,30-32,34-36,38-40,42-53,55-57,59-62H2,1-2H3,(H,67,70)/b16-14-,22-20-,33-29-,41-37-,58-54+. The number of carbonyl (C=O) groups excluding carboxylic acids is 2. The van der Waals surface area contributed by atoms with Crippen LogP contribution in [-0.2, 0) is 14.3 Å². The van der Waals surface area contributed by atoms with Crippen LogP contribution in [0.3, 0.4) is 0 Å². The van der Waals surface area contributed by atoms with Crippen LogP contribution >= 0.6 is 0 Å². The van der Waals surface area contributed by atoms with E-state index in [1.54, 1.807) is 6.08 Å². The van der Waals surface area contributed by atoms with Crippen LogP contribution in [0, 0.1) is 0 Å². The van der Waals surface area contributed by atoms with Crippen molar-refractivity contribution in [2.45, 2.75) is 334 Å². The third-order valence-corrected chi connectivity index (χ3v) is 14.3. The van der Waals surface area contributed by atoms with Crippen molar-refractivity contribution in [1.82, 2.24) is 5.32 Å². The minimum absolute atomic E-state index is 0.0303. The number of allylic oxidation sites excluding steroid dienone is 9. The maximum Gasteiger partial charge on any atom is 0.305 e. The van der Waals surface area contributed by atoms with Crippen LogP contribution in [0.1, 0.15) is 322 Å². The first-order valence-electron chi connectivity index (χ1n) is 31.6. The summed E-state index contributed by atoms with van der Waals surface area (Å²) in [6.45, 7) is 4.84. The van der Waals surface area contributed by atoms with Crippen molar-refractivity contribution in [2.24, 2.45) is 0 Å². The van der Waals surface area contributed by atoms with Crippen LogP contribution in [0.4, 0.5) is 0 Å². The van der Waals surface area contributed by atoms with Gasteiger partial charge in [-0.1, -0.05) is 274 Å². The Hall–Kier alpha value is -2.44. The Bertz CT molecular complexity index is 1250. The first-order valence-corrected chi connectivity index (χ1v) is 31.6. The molecule has 0 rings (SSSR count). The summed E-state index contributed by atoms with van der Waals surface area (Å²) in [6.07, 6.45) is 79.7. The zero-order valence-electron chi connectivity index (χ0n) is 47.9. The Kier molecular flexibility index (Phi) is 59.0. The van der Waals surface area contributed by atoms with Crippen LogP contribution in [-0.4, -0.2) is 47.4 Å². The molecule has 0 saturated carbocycles. The summed E-state index contributed by atoms with van der Waals surface area (Å²) in [7, 11) is 0. The Labute approximate surface area is 448 Å². The van der Waals surface area contributed by atoms with E-state index in [0.29, 0.717) is 19.4 Å². The van der Waals surface area contributed by atoms with Gasteiger partial charge in [-0.15, -0.1) is 0 Å². The second-order valence-electron chi connectivity index (χ2n) is 21.4. The molecule has 2 atom stereocenters. The SMILES string of the molecule is CCCCCC/C=C\C/C=C\CCCCCCCCCC(=O)OCCCCC/C=C\C=C/CCCCCCCCC(=O)NC(CO)C(O)/C=C/CCCCCCCCCCCCCCCCCCCCCC. The summed E-state index contributed by atoms with van der Waals surface area (Å²) in [5.41, 5.74) is 0. The lowest BCUT2D eigenvalue weighted by Gasteiger charge is -2.20. The molecule has 0 aliphatic heterocycles. The van der Waals surface area contributed by atoms with E-state index < -0.39 is 12.1 Å². The predicted molar refractivity (Wildman–Crippen MR) is 315 cm³/mol. The molecular formula is C66H121NO5. The van der Waals surface area contributed by atoms with Crippen molar-refractivity contribution in [2.75, 3.05) is 13.2 Å². The Morgan fingerprint density at radius 3 is 1.15 bits per heavy atom. The van der Waals surface area contributed by atoms with Crippen LogP contribution in [0.25, 0.3) is 0 Å². The van der Waals surface area contributed by atoms with Gasteiger partial charge in [0.25, 0.3) is 0 Å². The van der Waals surface area contributed by atoms with Gasteiger partial charge in [-0.05, 0) is 96.3 Å². The number of carbonyl (C=O) groups is 2. The number of amides is 1. The first kappa shape index (κ1) is 69.6. The monoisotopic (exact) mass is 1010 g/mol. The molecule has 0 saturated heterocycles. The number of aliphatic hydroxyl groups excluding tert-OH is 2. The summed E-state index contributed by atoms with van der Waals surface area (Å²) in [4.78, 5) is 24.6. The lowest BCUT2D eigenvalue weighted by Crippen LogP contribution is -2.45. The van der Waals surface area contributed by atoms with Gasteiger partial charge in [0.05, 0.1) is 25.4 Å². The van der Waals surface area contributed by atoms with Crippen LogP contribution in [0.2, 0.25) is 0 Å². The average Bonchev–Trinajstić information content (AvgIpc) is 3.38. The number of hydrogen-bond acceptors (Lipinski definition) is 5. The van der Waals surface area contributed by atoms with Crippen molar-refractivity contribution in [3.8, 4) is 0 Å². The van der Waals surface area contributed by atoms with Crippen LogP contribution in [0.5, 0.6) is 0 Å². The van der Waals surface area contributed by atoms with Crippen molar-refractivity contribution in [3.05, 3.63) is 60.8 Å². The fourth-order valence-electron chi connectivity index (χ4n) is 9.42. The molecule has 0 heterocycles. The van der Waals surface area contributed by atoms with E-state index in [-0.39, 0.29) is 18.5 Å². The number of aliphatic hydroxyl groups is 2. The summed E-state index contributed by atoms with van der Waals surface area (Å²) in [5.74, 6) is -0.120. The fourth-order valence-corrected chi connectivity index (χ4v) is 9.42. The number of nitrogens with one attached hydrogen (secondary N) is 1. The Morgan fingerprint density at radius 2 is 0.736 bits per heavy atom. The molecule has 3 N–H and O–H groups in total. The maximum atomic E-state index is 12.5. The third kappa shape index (κ3) is 56.8. The highest BCUT2D eigenvalue weighted by atomic mass is 16.5. The van der Waals surface area contributed by atoms with Gasteiger partial charge in [0, 0.05) is 12.8 Å².